The van der Waals surface area contributed by atoms with Crippen LogP contribution in [-0.4, -0.2) is 43.9 Å². The fourth-order valence-electron chi connectivity index (χ4n) is 2.99. The molecule has 0 radical (unpaired) electrons. The molecule has 2 aliphatic rings. The third-order valence-electron chi connectivity index (χ3n) is 4.10. The van der Waals surface area contributed by atoms with Crippen LogP contribution in [0.5, 0.6) is 0 Å². The number of halogens is 1. The van der Waals surface area contributed by atoms with Crippen molar-refractivity contribution in [3.8, 4) is 0 Å². The van der Waals surface area contributed by atoms with E-state index in [1.165, 1.54) is 18.2 Å². The van der Waals surface area contributed by atoms with Crippen LogP contribution in [0.25, 0.3) is 0 Å². The van der Waals surface area contributed by atoms with E-state index >= 15 is 0 Å². The Morgan fingerprint density at radius 1 is 1.29 bits per heavy atom. The van der Waals surface area contributed by atoms with Crippen LogP contribution in [0, 0.1) is 5.82 Å². The highest BCUT2D eigenvalue weighted by Gasteiger charge is 2.49. The lowest BCUT2D eigenvalue weighted by Gasteiger charge is -2.38. The predicted molar refractivity (Wildman–Crippen MR) is 71.9 cm³/mol. The highest BCUT2D eigenvalue weighted by atomic mass is 32.2. The van der Waals surface area contributed by atoms with Crippen LogP contribution in [0.4, 0.5) is 4.39 Å². The molecule has 0 amide bonds. The van der Waals surface area contributed by atoms with Gasteiger partial charge in [0.05, 0.1) is 29.5 Å². The van der Waals surface area contributed by atoms with Crippen LogP contribution in [0.2, 0.25) is 0 Å². The zero-order valence-corrected chi connectivity index (χ0v) is 12.2. The summed E-state index contributed by atoms with van der Waals surface area (Å²) in [5, 5.41) is 9.04. The summed E-state index contributed by atoms with van der Waals surface area (Å²) < 4.78 is 49.7. The minimum atomic E-state index is -3.85. The molecule has 3 rings (SSSR count). The number of hydrogen-bond donors (Lipinski definition) is 1. The van der Waals surface area contributed by atoms with E-state index in [9.17, 15) is 17.9 Å². The molecule has 1 saturated carbocycles. The van der Waals surface area contributed by atoms with Crippen LogP contribution in [0.1, 0.15) is 19.3 Å². The number of aliphatic hydroxyl groups is 1. The quantitative estimate of drug-likeness (QED) is 0.889. The van der Waals surface area contributed by atoms with Crippen molar-refractivity contribution < 1.29 is 27.4 Å². The van der Waals surface area contributed by atoms with Crippen molar-refractivity contribution in [3.05, 3.63) is 30.1 Å². The Kier molecular flexibility index (Phi) is 3.77. The van der Waals surface area contributed by atoms with E-state index in [4.69, 9.17) is 9.47 Å². The van der Waals surface area contributed by atoms with Crippen LogP contribution in [-0.2, 0) is 19.3 Å². The molecule has 5 nitrogen and oxygen atoms in total. The first-order chi connectivity index (χ1) is 9.93. The molecule has 7 heteroatoms. The first-order valence-corrected chi connectivity index (χ1v) is 8.43. The van der Waals surface area contributed by atoms with E-state index in [0.29, 0.717) is 19.6 Å². The molecule has 1 aliphatic carbocycles. The van der Waals surface area contributed by atoms with E-state index in [1.807, 2.05) is 0 Å². The minimum absolute atomic E-state index is 0.0625. The summed E-state index contributed by atoms with van der Waals surface area (Å²) in [5.41, 5.74) is 0. The molecule has 1 heterocycles. The van der Waals surface area contributed by atoms with Gasteiger partial charge in [-0.15, -0.1) is 0 Å². The second kappa shape index (κ2) is 5.31. The van der Waals surface area contributed by atoms with Crippen molar-refractivity contribution in [1.82, 2.24) is 0 Å². The largest absolute Gasteiger partial charge is 0.392 e. The Bertz CT molecular complexity index is 624. The first-order valence-electron chi connectivity index (χ1n) is 6.88. The molecule has 2 atom stereocenters. The molecule has 2 fully saturated rings. The molecular formula is C14H17FO5S. The smallest absolute Gasteiger partial charge is 0.184 e. The van der Waals surface area contributed by atoms with Crippen molar-refractivity contribution in [2.24, 2.45) is 0 Å². The molecule has 21 heavy (non-hydrogen) atoms. The Balaban J connectivity index is 1.93. The van der Waals surface area contributed by atoms with Crippen molar-refractivity contribution in [2.75, 3.05) is 13.2 Å². The van der Waals surface area contributed by atoms with E-state index in [0.717, 1.165) is 6.07 Å². The van der Waals surface area contributed by atoms with Crippen molar-refractivity contribution in [3.63, 3.8) is 0 Å². The fourth-order valence-corrected chi connectivity index (χ4v) is 4.91. The molecule has 116 valence electrons. The van der Waals surface area contributed by atoms with Gasteiger partial charge in [-0.2, -0.15) is 0 Å². The van der Waals surface area contributed by atoms with Gasteiger partial charge in [0.25, 0.3) is 0 Å². The Morgan fingerprint density at radius 2 is 2.00 bits per heavy atom. The molecule has 1 saturated heterocycles. The van der Waals surface area contributed by atoms with E-state index < -0.39 is 32.8 Å². The number of aliphatic hydroxyl groups excluding tert-OH is 1. The van der Waals surface area contributed by atoms with Gasteiger partial charge in [-0.1, -0.05) is 6.07 Å². The van der Waals surface area contributed by atoms with Crippen LogP contribution in [0.15, 0.2) is 29.2 Å². The number of hydrogen-bond acceptors (Lipinski definition) is 5. The zero-order chi connectivity index (χ0) is 15.1. The molecule has 1 aromatic carbocycles. The molecule has 0 aromatic heterocycles. The fraction of sp³-hybridized carbons (Fsp3) is 0.571. The molecule has 0 bridgehead atoms. The number of benzene rings is 1. The van der Waals surface area contributed by atoms with Crippen LogP contribution < -0.4 is 0 Å². The first kappa shape index (κ1) is 14.9. The van der Waals surface area contributed by atoms with Gasteiger partial charge in [0.2, 0.25) is 0 Å². The lowest BCUT2D eigenvalue weighted by molar-refractivity contribution is -0.186. The van der Waals surface area contributed by atoms with Gasteiger partial charge in [-0.3, -0.25) is 0 Å². The molecule has 1 spiro atoms. The topological polar surface area (TPSA) is 72.8 Å². The van der Waals surface area contributed by atoms with Crippen molar-refractivity contribution in [2.45, 2.75) is 41.3 Å². The summed E-state index contributed by atoms with van der Waals surface area (Å²) in [6, 6.07) is 4.83. The van der Waals surface area contributed by atoms with Gasteiger partial charge in [-0.25, -0.2) is 12.8 Å². The molecule has 2 unspecified atom stereocenters. The second-order valence-corrected chi connectivity index (χ2v) is 7.63. The average Bonchev–Trinajstić information content (AvgIpc) is 2.90. The summed E-state index contributed by atoms with van der Waals surface area (Å²) in [4.78, 5) is -0.124. The summed E-state index contributed by atoms with van der Waals surface area (Å²) in [5.74, 6) is -1.55. The maximum atomic E-state index is 13.3. The molecule has 1 aliphatic heterocycles. The standard InChI is InChI=1S/C14H17FO5S/c15-10-2-1-3-11(8-10)21(17,18)13-9-14(5-4-12(13)16)19-6-7-20-14/h1-3,8,12-13,16H,4-7,9H2. The highest BCUT2D eigenvalue weighted by Crippen LogP contribution is 2.40. The van der Waals surface area contributed by atoms with Gasteiger partial charge >= 0.3 is 0 Å². The average molecular weight is 316 g/mol. The maximum absolute atomic E-state index is 13.3. The number of sulfone groups is 1. The van der Waals surface area contributed by atoms with Gasteiger partial charge in [0, 0.05) is 12.8 Å². The van der Waals surface area contributed by atoms with Gasteiger partial charge in [0.1, 0.15) is 5.82 Å². The normalized spacial score (nSPS) is 28.9. The Labute approximate surface area is 122 Å². The van der Waals surface area contributed by atoms with Crippen LogP contribution >= 0.6 is 0 Å². The third kappa shape index (κ3) is 2.70. The maximum Gasteiger partial charge on any atom is 0.184 e. The van der Waals surface area contributed by atoms with Gasteiger partial charge < -0.3 is 14.6 Å². The second-order valence-electron chi connectivity index (χ2n) is 5.46. The molecule has 1 N–H and O–H groups in total. The summed E-state index contributed by atoms with van der Waals surface area (Å²) >= 11 is 0. The third-order valence-corrected chi connectivity index (χ3v) is 6.29. The van der Waals surface area contributed by atoms with Crippen LogP contribution in [0.3, 0.4) is 0 Å². The minimum Gasteiger partial charge on any atom is -0.392 e. The van der Waals surface area contributed by atoms with E-state index in [-0.39, 0.29) is 17.7 Å². The summed E-state index contributed by atoms with van der Waals surface area (Å²) in [6.45, 7) is 0.839. The zero-order valence-electron chi connectivity index (χ0n) is 11.4. The molecule has 1 aromatic rings. The lowest BCUT2D eigenvalue weighted by Crippen LogP contribution is -2.48. The highest BCUT2D eigenvalue weighted by molar-refractivity contribution is 7.92. The van der Waals surface area contributed by atoms with Gasteiger partial charge in [-0.05, 0) is 24.6 Å². The SMILES string of the molecule is O=S(=O)(c1cccc(F)c1)C1CC2(CCC1O)OCCO2. The Morgan fingerprint density at radius 3 is 2.67 bits per heavy atom. The van der Waals surface area contributed by atoms with E-state index in [2.05, 4.69) is 0 Å². The Hall–Kier alpha value is -1.02. The van der Waals surface area contributed by atoms with E-state index in [1.54, 1.807) is 0 Å². The summed E-state index contributed by atoms with van der Waals surface area (Å²) in [6.07, 6.45) is -0.202. The monoisotopic (exact) mass is 316 g/mol. The predicted octanol–water partition coefficient (Wildman–Crippen LogP) is 1.26. The lowest BCUT2D eigenvalue weighted by atomic mass is 9.91. The van der Waals surface area contributed by atoms with Crippen molar-refractivity contribution >= 4 is 9.84 Å². The number of ether oxygens (including phenoxy) is 2. The van der Waals surface area contributed by atoms with Crippen molar-refractivity contribution in [1.29, 1.82) is 0 Å². The van der Waals surface area contributed by atoms with Gasteiger partial charge in [0.15, 0.2) is 15.6 Å². The number of rotatable bonds is 2. The summed E-state index contributed by atoms with van der Waals surface area (Å²) in [7, 11) is -3.85. The molecular weight excluding hydrogens is 299 g/mol.